The second kappa shape index (κ2) is 6.99. The number of hydrogen-bond donors (Lipinski definition) is 1. The minimum Gasteiger partial charge on any atom is -0.468 e. The summed E-state index contributed by atoms with van der Waals surface area (Å²) in [5, 5.41) is 3.15. The van der Waals surface area contributed by atoms with Gasteiger partial charge in [-0.25, -0.2) is 0 Å². The number of rotatable bonds is 4. The fourth-order valence-corrected chi connectivity index (χ4v) is 4.66. The Balaban J connectivity index is 1.64. The lowest BCUT2D eigenvalue weighted by Crippen LogP contribution is -2.49. The summed E-state index contributed by atoms with van der Waals surface area (Å²) in [6.45, 7) is 0.345. The molecular weight excluding hydrogens is 280 g/mol. The summed E-state index contributed by atoms with van der Waals surface area (Å²) in [6, 6.07) is 0.494. The molecule has 3 aliphatic rings. The molecule has 124 valence electrons. The number of nitrogens with zero attached hydrogens (tertiary/aromatic N) is 1. The molecule has 0 aromatic heterocycles. The van der Waals surface area contributed by atoms with Gasteiger partial charge in [-0.3, -0.25) is 14.5 Å². The third-order valence-electron chi connectivity index (χ3n) is 5.74. The number of nitrogens with one attached hydrogen (secondary N) is 1. The van der Waals surface area contributed by atoms with Gasteiger partial charge in [0.15, 0.2) is 0 Å². The van der Waals surface area contributed by atoms with Crippen molar-refractivity contribution >= 4 is 11.9 Å². The first-order valence-electron chi connectivity index (χ1n) is 8.82. The van der Waals surface area contributed by atoms with Crippen molar-refractivity contribution in [3.8, 4) is 0 Å². The minimum absolute atomic E-state index is 0.0760. The first-order valence-corrected chi connectivity index (χ1v) is 8.82. The Morgan fingerprint density at radius 3 is 2.50 bits per heavy atom. The second-order valence-corrected chi connectivity index (χ2v) is 7.11. The van der Waals surface area contributed by atoms with Crippen LogP contribution in [-0.2, 0) is 14.3 Å². The highest BCUT2D eigenvalue weighted by Crippen LogP contribution is 2.39. The van der Waals surface area contributed by atoms with Gasteiger partial charge in [0.05, 0.1) is 13.7 Å². The van der Waals surface area contributed by atoms with Crippen LogP contribution in [0, 0.1) is 5.92 Å². The van der Waals surface area contributed by atoms with Crippen LogP contribution in [0.4, 0.5) is 0 Å². The average Bonchev–Trinajstić information content (AvgIpc) is 3.15. The Labute approximate surface area is 132 Å². The Hall–Kier alpha value is -1.10. The van der Waals surface area contributed by atoms with Crippen molar-refractivity contribution < 1.29 is 14.3 Å². The van der Waals surface area contributed by atoms with Gasteiger partial charge in [-0.15, -0.1) is 0 Å². The lowest BCUT2D eigenvalue weighted by molar-refractivity contribution is -0.146. The van der Waals surface area contributed by atoms with Gasteiger partial charge in [-0.1, -0.05) is 25.7 Å². The van der Waals surface area contributed by atoms with Crippen molar-refractivity contribution in [2.45, 2.75) is 75.9 Å². The molecule has 3 rings (SSSR count). The number of ether oxygens (including phenoxy) is 1. The van der Waals surface area contributed by atoms with E-state index in [1.807, 2.05) is 0 Å². The smallest absolute Gasteiger partial charge is 0.323 e. The zero-order valence-corrected chi connectivity index (χ0v) is 13.6. The van der Waals surface area contributed by atoms with E-state index in [-0.39, 0.29) is 17.9 Å². The Morgan fingerprint density at radius 1 is 1.09 bits per heavy atom. The summed E-state index contributed by atoms with van der Waals surface area (Å²) < 4.78 is 4.97. The third-order valence-corrected chi connectivity index (χ3v) is 5.74. The molecule has 1 heterocycles. The third kappa shape index (κ3) is 3.29. The largest absolute Gasteiger partial charge is 0.468 e. The second-order valence-electron chi connectivity index (χ2n) is 7.11. The van der Waals surface area contributed by atoms with Crippen molar-refractivity contribution in [2.75, 3.05) is 13.7 Å². The van der Waals surface area contributed by atoms with Gasteiger partial charge in [0.25, 0.3) is 0 Å². The van der Waals surface area contributed by atoms with Crippen molar-refractivity contribution in [3.63, 3.8) is 0 Å². The number of esters is 1. The normalized spacial score (nSPS) is 32.7. The number of fused-ring (bicyclic) bond motifs is 1. The molecule has 2 aliphatic carbocycles. The van der Waals surface area contributed by atoms with E-state index in [0.29, 0.717) is 24.5 Å². The molecule has 0 unspecified atom stereocenters. The topological polar surface area (TPSA) is 58.6 Å². The number of carbonyl (C=O) groups excluding carboxylic acids is 2. The summed E-state index contributed by atoms with van der Waals surface area (Å²) in [5.41, 5.74) is 0. The van der Waals surface area contributed by atoms with Gasteiger partial charge in [-0.2, -0.15) is 0 Å². The van der Waals surface area contributed by atoms with Crippen LogP contribution < -0.4 is 5.32 Å². The molecule has 1 aliphatic heterocycles. The lowest BCUT2D eigenvalue weighted by atomic mass is 9.85. The maximum atomic E-state index is 12.4. The summed E-state index contributed by atoms with van der Waals surface area (Å²) in [7, 11) is 1.45. The highest BCUT2D eigenvalue weighted by atomic mass is 16.5. The molecule has 5 nitrogen and oxygen atoms in total. The summed E-state index contributed by atoms with van der Waals surface area (Å²) in [4.78, 5) is 26.6. The predicted molar refractivity (Wildman–Crippen MR) is 83.3 cm³/mol. The van der Waals surface area contributed by atoms with Crippen LogP contribution >= 0.6 is 0 Å². The van der Waals surface area contributed by atoms with Gasteiger partial charge >= 0.3 is 5.97 Å². The molecule has 0 spiro atoms. The highest BCUT2D eigenvalue weighted by Gasteiger charge is 2.46. The van der Waals surface area contributed by atoms with E-state index in [1.165, 1.54) is 39.2 Å². The van der Waals surface area contributed by atoms with E-state index < -0.39 is 0 Å². The first kappa shape index (κ1) is 15.8. The number of amides is 1. The molecule has 3 atom stereocenters. The minimum atomic E-state index is -0.229. The van der Waals surface area contributed by atoms with Crippen molar-refractivity contribution in [3.05, 3.63) is 0 Å². The van der Waals surface area contributed by atoms with Gasteiger partial charge < -0.3 is 10.1 Å². The highest BCUT2D eigenvalue weighted by molar-refractivity contribution is 5.81. The lowest BCUT2D eigenvalue weighted by Gasteiger charge is -2.32. The average molecular weight is 308 g/mol. The molecule has 1 N–H and O–H groups in total. The number of hydrogen-bond acceptors (Lipinski definition) is 4. The van der Waals surface area contributed by atoms with E-state index >= 15 is 0 Å². The van der Waals surface area contributed by atoms with E-state index in [9.17, 15) is 9.59 Å². The van der Waals surface area contributed by atoms with Crippen LogP contribution in [0.25, 0.3) is 0 Å². The maximum Gasteiger partial charge on any atom is 0.323 e. The number of methoxy groups -OCH3 is 1. The molecule has 2 saturated carbocycles. The zero-order chi connectivity index (χ0) is 15.5. The molecule has 5 heteroatoms. The maximum absolute atomic E-state index is 12.4. The molecule has 0 aromatic rings. The first-order chi connectivity index (χ1) is 10.7. The van der Waals surface area contributed by atoms with Gasteiger partial charge in [-0.05, 0) is 38.0 Å². The van der Waals surface area contributed by atoms with Crippen LogP contribution in [0.3, 0.4) is 0 Å². The van der Waals surface area contributed by atoms with Gasteiger partial charge in [0.2, 0.25) is 5.91 Å². The molecule has 22 heavy (non-hydrogen) atoms. The Bertz CT molecular complexity index is 420. The predicted octanol–water partition coefficient (Wildman–Crippen LogP) is 1.85. The van der Waals surface area contributed by atoms with E-state index in [2.05, 4.69) is 10.2 Å². The van der Waals surface area contributed by atoms with E-state index in [4.69, 9.17) is 4.74 Å². The van der Waals surface area contributed by atoms with Crippen molar-refractivity contribution in [2.24, 2.45) is 5.92 Å². The molecular formula is C17H28N2O3. The molecule has 0 radical (unpaired) electrons. The fraction of sp³-hybridized carbons (Fsp3) is 0.882. The summed E-state index contributed by atoms with van der Waals surface area (Å²) >= 11 is 0. The quantitative estimate of drug-likeness (QED) is 0.805. The van der Waals surface area contributed by atoms with Crippen LogP contribution in [0.2, 0.25) is 0 Å². The molecule has 3 fully saturated rings. The van der Waals surface area contributed by atoms with Crippen LogP contribution in [0.15, 0.2) is 0 Å². The van der Waals surface area contributed by atoms with Gasteiger partial charge in [0.1, 0.15) is 6.04 Å². The van der Waals surface area contributed by atoms with Crippen molar-refractivity contribution in [1.82, 2.24) is 10.2 Å². The monoisotopic (exact) mass is 308 g/mol. The number of carbonyl (C=O) groups is 2. The SMILES string of the molecule is COC(=O)[C@@H]1C[C@H]2CCCC[C@H]2N1CC(=O)NC1CCCC1. The van der Waals surface area contributed by atoms with Crippen LogP contribution in [0.5, 0.6) is 0 Å². The summed E-state index contributed by atoms with van der Waals surface area (Å²) in [5.74, 6) is 0.451. The van der Waals surface area contributed by atoms with Crippen LogP contribution in [0.1, 0.15) is 57.8 Å². The molecule has 1 amide bonds. The number of likely N-dealkylation sites (tertiary alicyclic amines) is 1. The van der Waals surface area contributed by atoms with Crippen LogP contribution in [-0.4, -0.2) is 48.6 Å². The standard InChI is InChI=1S/C17H28N2O3/c1-22-17(21)15-10-12-6-2-5-9-14(12)19(15)11-16(20)18-13-7-3-4-8-13/h12-15H,2-11H2,1H3,(H,18,20)/t12-,14-,15+/m1/s1. The van der Waals surface area contributed by atoms with E-state index in [0.717, 1.165) is 25.7 Å². The summed E-state index contributed by atoms with van der Waals surface area (Å²) in [6.07, 6.45) is 10.2. The zero-order valence-electron chi connectivity index (χ0n) is 13.6. The Morgan fingerprint density at radius 2 is 1.77 bits per heavy atom. The van der Waals surface area contributed by atoms with E-state index in [1.54, 1.807) is 0 Å². The molecule has 0 bridgehead atoms. The molecule has 1 saturated heterocycles. The van der Waals surface area contributed by atoms with Crippen molar-refractivity contribution in [1.29, 1.82) is 0 Å². The van der Waals surface area contributed by atoms with Gasteiger partial charge in [0, 0.05) is 12.1 Å². The fourth-order valence-electron chi connectivity index (χ4n) is 4.66. The Kier molecular flexibility index (Phi) is 5.01. The molecule has 0 aromatic carbocycles.